The largest absolute Gasteiger partial charge is 0.395 e. The minimum Gasteiger partial charge on any atom is -0.395 e. The molecule has 0 aliphatic carbocycles. The van der Waals surface area contributed by atoms with E-state index in [4.69, 9.17) is 5.11 Å². The summed E-state index contributed by atoms with van der Waals surface area (Å²) in [5.41, 5.74) is 2.38. The van der Waals surface area contributed by atoms with Crippen molar-refractivity contribution in [2.75, 3.05) is 6.73 Å². The third kappa shape index (κ3) is 0.819. The zero-order valence-electron chi connectivity index (χ0n) is 3.66. The number of nitrogens with zero attached hydrogens (tertiary/aromatic N) is 1. The Labute approximate surface area is 40.9 Å². The van der Waals surface area contributed by atoms with Crippen LogP contribution in [0.1, 0.15) is 0 Å². The minimum absolute atomic E-state index is 0.0729. The molecule has 0 radical (unpaired) electrons. The molecule has 0 fully saturated rings. The number of nitrogens with one attached hydrogen (secondary N) is 1. The second-order valence-electron chi connectivity index (χ2n) is 1.11. The molecule has 0 saturated heterocycles. The van der Waals surface area contributed by atoms with Crippen molar-refractivity contribution < 1.29 is 9.94 Å². The zero-order valence-corrected chi connectivity index (χ0v) is 3.66. The van der Waals surface area contributed by atoms with Crippen LogP contribution in [-0.2, 0) is 4.84 Å². The van der Waals surface area contributed by atoms with Crippen molar-refractivity contribution in [2.45, 2.75) is 0 Å². The van der Waals surface area contributed by atoms with Crippen LogP contribution in [0.15, 0.2) is 12.5 Å². The third-order valence-corrected chi connectivity index (χ3v) is 0.631. The van der Waals surface area contributed by atoms with E-state index in [9.17, 15) is 0 Å². The summed E-state index contributed by atoms with van der Waals surface area (Å²) in [4.78, 5) is 4.48. The summed E-state index contributed by atoms with van der Waals surface area (Å²) in [6.07, 6.45) is 3.02. The molecule has 0 atom stereocenters. The molecule has 0 unspecified atom stereocenters. The first kappa shape index (κ1) is 4.42. The van der Waals surface area contributed by atoms with E-state index in [0.717, 1.165) is 0 Å². The van der Waals surface area contributed by atoms with Gasteiger partial charge in [0.15, 0.2) is 0 Å². The molecule has 0 bridgehead atoms. The predicted molar refractivity (Wildman–Crippen MR) is 22.3 cm³/mol. The summed E-state index contributed by atoms with van der Waals surface area (Å²) in [6, 6.07) is 0. The van der Waals surface area contributed by atoms with E-state index in [2.05, 4.69) is 10.4 Å². The minimum atomic E-state index is -0.0729. The molecule has 40 valence electrons. The van der Waals surface area contributed by atoms with Crippen LogP contribution in [0.4, 0.5) is 0 Å². The number of aliphatic hydroxyl groups is 1. The summed E-state index contributed by atoms with van der Waals surface area (Å²) in [5, 5.41) is 9.69. The Morgan fingerprint density at radius 3 is 3.00 bits per heavy atom. The second-order valence-corrected chi connectivity index (χ2v) is 1.11. The highest BCUT2D eigenvalue weighted by Gasteiger charge is 1.98. The van der Waals surface area contributed by atoms with Gasteiger partial charge in [0.05, 0.1) is 6.20 Å². The van der Waals surface area contributed by atoms with Gasteiger partial charge in [-0.15, -0.1) is 0 Å². The lowest BCUT2D eigenvalue weighted by molar-refractivity contribution is -0.0115. The zero-order chi connectivity index (χ0) is 5.11. The number of hydrogen-bond acceptors (Lipinski definition) is 4. The lowest BCUT2D eigenvalue weighted by Crippen LogP contribution is -2.27. The molecule has 1 rings (SSSR count). The normalized spacial score (nSPS) is 17.6. The summed E-state index contributed by atoms with van der Waals surface area (Å²) in [5.74, 6) is 0. The highest BCUT2D eigenvalue weighted by Crippen LogP contribution is 1.89. The Balaban J connectivity index is 2.28. The highest BCUT2D eigenvalue weighted by atomic mass is 16.7. The number of rotatable bonds is 1. The second kappa shape index (κ2) is 1.81. The Kier molecular flexibility index (Phi) is 1.14. The maximum atomic E-state index is 8.30. The Bertz CT molecular complexity index is 83.0. The molecule has 4 heteroatoms. The van der Waals surface area contributed by atoms with Gasteiger partial charge in [-0.2, -0.15) is 0 Å². The van der Waals surface area contributed by atoms with E-state index in [1.807, 2.05) is 0 Å². The quantitative estimate of drug-likeness (QED) is 0.453. The van der Waals surface area contributed by atoms with Crippen molar-refractivity contribution in [1.29, 1.82) is 0 Å². The van der Waals surface area contributed by atoms with Crippen molar-refractivity contribution in [2.24, 2.45) is 0 Å². The summed E-state index contributed by atoms with van der Waals surface area (Å²) >= 11 is 0. The number of hydrazine groups is 1. The van der Waals surface area contributed by atoms with Gasteiger partial charge in [-0.3, -0.25) is 5.01 Å². The molecule has 0 spiro atoms. The summed E-state index contributed by atoms with van der Waals surface area (Å²) in [6.45, 7) is -0.0729. The molecule has 1 heterocycles. The van der Waals surface area contributed by atoms with Crippen LogP contribution in [0.25, 0.3) is 0 Å². The van der Waals surface area contributed by atoms with E-state index < -0.39 is 0 Å². The van der Waals surface area contributed by atoms with Crippen LogP contribution in [0.5, 0.6) is 0 Å². The van der Waals surface area contributed by atoms with Gasteiger partial charge >= 0.3 is 0 Å². The van der Waals surface area contributed by atoms with E-state index >= 15 is 0 Å². The Morgan fingerprint density at radius 1 is 1.86 bits per heavy atom. The van der Waals surface area contributed by atoms with Gasteiger partial charge in [0.2, 0.25) is 0 Å². The molecule has 0 saturated carbocycles. The third-order valence-electron chi connectivity index (χ3n) is 0.631. The molecular formula is C3H6N2O2. The van der Waals surface area contributed by atoms with Gasteiger partial charge in [-0.05, 0) is 0 Å². The highest BCUT2D eigenvalue weighted by molar-refractivity contribution is 4.72. The van der Waals surface area contributed by atoms with Gasteiger partial charge in [0, 0.05) is 0 Å². The SMILES string of the molecule is OCN1C=CON1. The van der Waals surface area contributed by atoms with Gasteiger partial charge in [-0.25, -0.2) is 0 Å². The fraction of sp³-hybridized carbons (Fsp3) is 0.333. The van der Waals surface area contributed by atoms with Crippen LogP contribution < -0.4 is 5.59 Å². The van der Waals surface area contributed by atoms with Crippen LogP contribution in [0.3, 0.4) is 0 Å². The van der Waals surface area contributed by atoms with Crippen LogP contribution in [-0.4, -0.2) is 16.8 Å². The average Bonchev–Trinajstić information content (AvgIpc) is 2.14. The molecular weight excluding hydrogens is 96.0 g/mol. The van der Waals surface area contributed by atoms with Crippen LogP contribution in [0, 0.1) is 0 Å². The molecule has 0 amide bonds. The van der Waals surface area contributed by atoms with E-state index in [1.165, 1.54) is 11.3 Å². The topological polar surface area (TPSA) is 44.7 Å². The average molecular weight is 102 g/mol. The molecule has 0 aromatic carbocycles. The van der Waals surface area contributed by atoms with Gasteiger partial charge in [0.25, 0.3) is 0 Å². The van der Waals surface area contributed by atoms with Crippen molar-refractivity contribution in [3.63, 3.8) is 0 Å². The molecule has 7 heavy (non-hydrogen) atoms. The lowest BCUT2D eigenvalue weighted by atomic mass is 10.9. The van der Waals surface area contributed by atoms with E-state index in [1.54, 1.807) is 6.20 Å². The monoisotopic (exact) mass is 102 g/mol. The van der Waals surface area contributed by atoms with E-state index in [0.29, 0.717) is 0 Å². The summed E-state index contributed by atoms with van der Waals surface area (Å²) in [7, 11) is 0. The van der Waals surface area contributed by atoms with Gasteiger partial charge < -0.3 is 9.94 Å². The van der Waals surface area contributed by atoms with Crippen molar-refractivity contribution in [3.8, 4) is 0 Å². The Hall–Kier alpha value is -0.740. The number of hydrogen-bond donors (Lipinski definition) is 2. The molecule has 1 aliphatic rings. The lowest BCUT2D eigenvalue weighted by Gasteiger charge is -2.07. The maximum Gasteiger partial charge on any atom is 0.132 e. The van der Waals surface area contributed by atoms with Crippen molar-refractivity contribution in [3.05, 3.63) is 12.5 Å². The van der Waals surface area contributed by atoms with Gasteiger partial charge in [-0.1, -0.05) is 5.59 Å². The fourth-order valence-corrected chi connectivity index (χ4v) is 0.308. The molecule has 4 nitrogen and oxygen atoms in total. The van der Waals surface area contributed by atoms with Crippen LogP contribution in [0.2, 0.25) is 0 Å². The molecule has 0 aromatic rings. The maximum absolute atomic E-state index is 8.30. The fourth-order valence-electron chi connectivity index (χ4n) is 0.308. The van der Waals surface area contributed by atoms with Gasteiger partial charge in [0.1, 0.15) is 13.0 Å². The number of aliphatic hydroxyl groups excluding tert-OH is 1. The first-order valence-corrected chi connectivity index (χ1v) is 1.89. The standard InChI is InChI=1S/C3H6N2O2/c6-3-5-1-2-7-4-5/h1-2,4,6H,3H2. The smallest absolute Gasteiger partial charge is 0.132 e. The van der Waals surface area contributed by atoms with Crippen molar-refractivity contribution in [1.82, 2.24) is 10.6 Å². The first-order valence-electron chi connectivity index (χ1n) is 1.89. The Morgan fingerprint density at radius 2 is 2.71 bits per heavy atom. The molecule has 2 N–H and O–H groups in total. The molecule has 1 aliphatic heterocycles. The predicted octanol–water partition coefficient (Wildman–Crippen LogP) is -0.841. The van der Waals surface area contributed by atoms with E-state index in [-0.39, 0.29) is 6.73 Å². The van der Waals surface area contributed by atoms with Crippen molar-refractivity contribution >= 4 is 0 Å². The molecule has 0 aromatic heterocycles. The first-order chi connectivity index (χ1) is 3.43. The summed E-state index contributed by atoms with van der Waals surface area (Å²) < 4.78 is 0. The van der Waals surface area contributed by atoms with Crippen LogP contribution >= 0.6 is 0 Å².